The molecule has 4 rings (SSSR count). The van der Waals surface area contributed by atoms with Gasteiger partial charge in [0.15, 0.2) is 0 Å². The smallest absolute Gasteiger partial charge is 0.272 e. The maximum absolute atomic E-state index is 11.9. The Morgan fingerprint density at radius 3 is 2.81 bits per heavy atom. The fourth-order valence-corrected chi connectivity index (χ4v) is 2.85. The minimum Gasteiger partial charge on any atom is -0.380 e. The Balaban J connectivity index is 2.06. The summed E-state index contributed by atoms with van der Waals surface area (Å²) < 4.78 is 0. The number of H-pyrrole nitrogens is 2. The van der Waals surface area contributed by atoms with Gasteiger partial charge in [-0.15, -0.1) is 0 Å². The van der Waals surface area contributed by atoms with E-state index in [1.807, 2.05) is 12.3 Å². The molecule has 0 bridgehead atoms. The number of carbonyl (C=O) groups is 1. The van der Waals surface area contributed by atoms with E-state index in [-0.39, 0.29) is 5.56 Å². The molecule has 1 aliphatic heterocycles. The fraction of sp³-hybridized carbons (Fsp3) is 0.0667. The number of pyridine rings is 1. The fourth-order valence-electron chi connectivity index (χ4n) is 2.85. The molecule has 0 atom stereocenters. The molecule has 0 unspecified atom stereocenters. The van der Waals surface area contributed by atoms with E-state index in [4.69, 9.17) is 5.73 Å². The highest BCUT2D eigenvalue weighted by Crippen LogP contribution is 2.37. The third-order valence-electron chi connectivity index (χ3n) is 3.87. The van der Waals surface area contributed by atoms with Crippen LogP contribution in [0.25, 0.3) is 22.0 Å². The van der Waals surface area contributed by atoms with Crippen LogP contribution in [0.3, 0.4) is 0 Å². The van der Waals surface area contributed by atoms with Crippen LogP contribution >= 0.6 is 0 Å². The Hall–Kier alpha value is -3.02. The van der Waals surface area contributed by atoms with Gasteiger partial charge in [0.05, 0.1) is 0 Å². The van der Waals surface area contributed by atoms with E-state index in [1.54, 1.807) is 18.3 Å². The summed E-state index contributed by atoms with van der Waals surface area (Å²) in [6.45, 7) is 0.575. The molecule has 0 saturated heterocycles. The first kappa shape index (κ1) is 11.8. The molecule has 6 nitrogen and oxygen atoms in total. The molecule has 6 heteroatoms. The van der Waals surface area contributed by atoms with E-state index in [2.05, 4.69) is 15.3 Å². The minimum absolute atomic E-state index is 0.141. The van der Waals surface area contributed by atoms with Crippen molar-refractivity contribution in [1.82, 2.24) is 9.97 Å². The van der Waals surface area contributed by atoms with Gasteiger partial charge in [0.2, 0.25) is 5.91 Å². The summed E-state index contributed by atoms with van der Waals surface area (Å²) in [6.07, 6.45) is 3.54. The average molecular weight is 280 g/mol. The van der Waals surface area contributed by atoms with E-state index in [1.165, 1.54) is 0 Å². The second kappa shape index (κ2) is 3.99. The molecule has 1 aromatic carbocycles. The van der Waals surface area contributed by atoms with Crippen molar-refractivity contribution in [2.45, 2.75) is 6.54 Å². The number of fused-ring (bicyclic) bond motifs is 2. The minimum atomic E-state index is -0.462. The summed E-state index contributed by atoms with van der Waals surface area (Å²) in [5, 5.41) is 4.20. The molecule has 1 aliphatic rings. The van der Waals surface area contributed by atoms with E-state index in [0.29, 0.717) is 17.6 Å². The van der Waals surface area contributed by atoms with Crippen LogP contribution in [0.4, 0.5) is 5.69 Å². The SMILES string of the molecule is NC(=O)c1ccc2c(c1)NCc1c[nH]c3c(=O)[nH]cc-2c13. The standard InChI is InChI=1S/C15H12N4O2/c16-14(20)7-1-2-9-10-6-19-15(21)13-12(10)8(5-18-13)4-17-11(9)3-7/h1-3,5-6,17-18H,4H2,(H2,16,20)(H,19,21). The van der Waals surface area contributed by atoms with Crippen molar-refractivity contribution >= 4 is 22.5 Å². The number of primary amides is 1. The Bertz CT molecular complexity index is 952. The number of hydrogen-bond donors (Lipinski definition) is 4. The molecule has 104 valence electrons. The lowest BCUT2D eigenvalue weighted by Crippen LogP contribution is -2.11. The molecular weight excluding hydrogens is 268 g/mol. The van der Waals surface area contributed by atoms with Gasteiger partial charge in [0.25, 0.3) is 5.56 Å². The van der Waals surface area contributed by atoms with Crippen molar-refractivity contribution in [2.75, 3.05) is 5.32 Å². The summed E-state index contributed by atoms with van der Waals surface area (Å²) in [5.74, 6) is -0.462. The number of nitrogens with two attached hydrogens (primary N) is 1. The van der Waals surface area contributed by atoms with Crippen LogP contribution in [0.1, 0.15) is 15.9 Å². The maximum Gasteiger partial charge on any atom is 0.272 e. The summed E-state index contributed by atoms with van der Waals surface area (Å²) >= 11 is 0. The Kier molecular flexibility index (Phi) is 2.24. The van der Waals surface area contributed by atoms with Gasteiger partial charge in [-0.3, -0.25) is 9.59 Å². The Morgan fingerprint density at radius 2 is 2.00 bits per heavy atom. The predicted molar refractivity (Wildman–Crippen MR) is 80.2 cm³/mol. The zero-order chi connectivity index (χ0) is 14.6. The first-order valence-electron chi connectivity index (χ1n) is 6.55. The van der Waals surface area contributed by atoms with Crippen molar-refractivity contribution in [3.63, 3.8) is 0 Å². The molecular formula is C15H12N4O2. The van der Waals surface area contributed by atoms with Gasteiger partial charge >= 0.3 is 0 Å². The highest BCUT2D eigenvalue weighted by Gasteiger charge is 2.19. The van der Waals surface area contributed by atoms with Gasteiger partial charge < -0.3 is 21.0 Å². The number of aromatic nitrogens is 2. The number of anilines is 1. The van der Waals surface area contributed by atoms with Crippen molar-refractivity contribution in [3.05, 3.63) is 52.1 Å². The molecule has 0 spiro atoms. The van der Waals surface area contributed by atoms with Gasteiger partial charge in [-0.05, 0) is 17.7 Å². The topological polar surface area (TPSA) is 104 Å². The number of rotatable bonds is 1. The summed E-state index contributed by atoms with van der Waals surface area (Å²) in [4.78, 5) is 29.0. The van der Waals surface area contributed by atoms with E-state index in [9.17, 15) is 9.59 Å². The van der Waals surface area contributed by atoms with Crippen LogP contribution in [0, 0.1) is 0 Å². The number of hydrogen-bond acceptors (Lipinski definition) is 3. The second-order valence-corrected chi connectivity index (χ2v) is 5.07. The second-order valence-electron chi connectivity index (χ2n) is 5.07. The molecule has 0 saturated carbocycles. The molecule has 1 amide bonds. The van der Waals surface area contributed by atoms with Crippen LogP contribution in [0.5, 0.6) is 0 Å². The molecule has 0 fully saturated rings. The predicted octanol–water partition coefficient (Wildman–Crippen LogP) is 1.55. The summed E-state index contributed by atoms with van der Waals surface area (Å²) in [6, 6.07) is 5.28. The molecule has 0 radical (unpaired) electrons. The molecule has 3 heterocycles. The molecule has 21 heavy (non-hydrogen) atoms. The highest BCUT2D eigenvalue weighted by atomic mass is 16.1. The van der Waals surface area contributed by atoms with Gasteiger partial charge in [-0.1, -0.05) is 6.07 Å². The van der Waals surface area contributed by atoms with Crippen molar-refractivity contribution < 1.29 is 4.79 Å². The third-order valence-corrected chi connectivity index (χ3v) is 3.87. The number of benzene rings is 1. The number of nitrogens with one attached hydrogen (secondary N) is 3. The quantitative estimate of drug-likeness (QED) is 0.543. The monoisotopic (exact) mass is 280 g/mol. The molecule has 0 aliphatic carbocycles. The first-order valence-corrected chi connectivity index (χ1v) is 6.55. The largest absolute Gasteiger partial charge is 0.380 e. The van der Waals surface area contributed by atoms with Gasteiger partial charge in [-0.25, -0.2) is 0 Å². The lowest BCUT2D eigenvalue weighted by Gasteiger charge is -2.10. The van der Waals surface area contributed by atoms with Crippen molar-refractivity contribution in [3.8, 4) is 11.1 Å². The van der Waals surface area contributed by atoms with Crippen LogP contribution < -0.4 is 16.6 Å². The first-order chi connectivity index (χ1) is 10.1. The normalized spacial score (nSPS) is 12.6. The number of carbonyl (C=O) groups excluding carboxylic acids is 1. The maximum atomic E-state index is 11.9. The van der Waals surface area contributed by atoms with Crippen LogP contribution in [0.2, 0.25) is 0 Å². The van der Waals surface area contributed by atoms with E-state index >= 15 is 0 Å². The summed E-state index contributed by atoms with van der Waals surface area (Å²) in [5.41, 5.74) is 9.91. The molecule has 5 N–H and O–H groups in total. The molecule has 3 aromatic rings. The third kappa shape index (κ3) is 1.59. The lowest BCUT2D eigenvalue weighted by atomic mass is 10.00. The Labute approximate surface area is 119 Å². The number of aromatic amines is 2. The van der Waals surface area contributed by atoms with Gasteiger partial charge in [-0.2, -0.15) is 0 Å². The van der Waals surface area contributed by atoms with E-state index in [0.717, 1.165) is 27.8 Å². The Morgan fingerprint density at radius 1 is 1.14 bits per heavy atom. The van der Waals surface area contributed by atoms with Crippen molar-refractivity contribution in [1.29, 1.82) is 0 Å². The highest BCUT2D eigenvalue weighted by molar-refractivity contribution is 6.03. The van der Waals surface area contributed by atoms with Gasteiger partial charge in [0.1, 0.15) is 5.52 Å². The van der Waals surface area contributed by atoms with Crippen LogP contribution in [-0.2, 0) is 6.54 Å². The zero-order valence-electron chi connectivity index (χ0n) is 11.0. The van der Waals surface area contributed by atoms with Crippen molar-refractivity contribution in [2.24, 2.45) is 5.73 Å². The average Bonchev–Trinajstić information content (AvgIpc) is 2.84. The van der Waals surface area contributed by atoms with E-state index < -0.39 is 5.91 Å². The number of amides is 1. The van der Waals surface area contributed by atoms with Crippen LogP contribution in [0.15, 0.2) is 35.4 Å². The zero-order valence-corrected chi connectivity index (χ0v) is 11.0. The lowest BCUT2D eigenvalue weighted by molar-refractivity contribution is 0.100. The van der Waals surface area contributed by atoms with Crippen LogP contribution in [-0.4, -0.2) is 15.9 Å². The van der Waals surface area contributed by atoms with Gasteiger partial charge in [0, 0.05) is 46.7 Å². The molecule has 2 aromatic heterocycles. The summed E-state index contributed by atoms with van der Waals surface area (Å²) in [7, 11) is 0.